The first kappa shape index (κ1) is 17.9. The van der Waals surface area contributed by atoms with Gasteiger partial charge in [-0.25, -0.2) is 0 Å². The average molecular weight is 322 g/mol. The number of hydrogen-bond donors (Lipinski definition) is 1. The van der Waals surface area contributed by atoms with Crippen molar-refractivity contribution in [3.05, 3.63) is 41.1 Å². The van der Waals surface area contributed by atoms with Gasteiger partial charge < -0.3 is 10.4 Å². The highest BCUT2D eigenvalue weighted by atomic mass is 16.8. The second-order valence-corrected chi connectivity index (χ2v) is 6.76. The normalized spacial score (nSPS) is 20.7. The Morgan fingerprint density at radius 1 is 1.04 bits per heavy atom. The molecule has 128 valence electrons. The molecular formula is C17H26N2O4. The highest BCUT2D eigenvalue weighted by molar-refractivity contribution is 6.04. The van der Waals surface area contributed by atoms with Crippen LogP contribution >= 0.6 is 0 Å². The van der Waals surface area contributed by atoms with Gasteiger partial charge in [0, 0.05) is 5.56 Å². The standard InChI is InChI=1S/C17H26N2O4/c1-12(2)22-17(23-13(3)4)18(20)15(16(5,6)19(17)21)14-10-8-7-9-11-14/h7-13,21H,1-6H3. The number of hydroxylamine groups is 3. The van der Waals surface area contributed by atoms with Gasteiger partial charge in [-0.2, -0.15) is 0 Å². The van der Waals surface area contributed by atoms with Crippen molar-refractivity contribution in [1.82, 2.24) is 5.06 Å². The van der Waals surface area contributed by atoms with E-state index in [-0.39, 0.29) is 12.2 Å². The minimum atomic E-state index is -1.91. The van der Waals surface area contributed by atoms with E-state index in [4.69, 9.17) is 9.47 Å². The Morgan fingerprint density at radius 3 is 1.96 bits per heavy atom. The van der Waals surface area contributed by atoms with E-state index in [0.717, 1.165) is 5.06 Å². The van der Waals surface area contributed by atoms with E-state index >= 15 is 0 Å². The summed E-state index contributed by atoms with van der Waals surface area (Å²) in [4.78, 5) is 0. The molecule has 0 saturated heterocycles. The first-order valence-corrected chi connectivity index (χ1v) is 7.88. The van der Waals surface area contributed by atoms with Crippen LogP contribution in [0.2, 0.25) is 0 Å². The molecule has 6 nitrogen and oxygen atoms in total. The molecule has 0 atom stereocenters. The molecule has 23 heavy (non-hydrogen) atoms. The molecule has 1 aliphatic heterocycles. The third-order valence-corrected chi connectivity index (χ3v) is 3.66. The summed E-state index contributed by atoms with van der Waals surface area (Å²) in [6.45, 7) is 10.7. The van der Waals surface area contributed by atoms with Crippen molar-refractivity contribution in [3.63, 3.8) is 0 Å². The van der Waals surface area contributed by atoms with E-state index in [1.54, 1.807) is 41.5 Å². The molecule has 1 heterocycles. The van der Waals surface area contributed by atoms with Gasteiger partial charge in [0.15, 0.2) is 0 Å². The van der Waals surface area contributed by atoms with E-state index in [9.17, 15) is 10.4 Å². The molecular weight excluding hydrogens is 296 g/mol. The third-order valence-electron chi connectivity index (χ3n) is 3.66. The predicted octanol–water partition coefficient (Wildman–Crippen LogP) is 2.93. The van der Waals surface area contributed by atoms with Crippen molar-refractivity contribution in [2.45, 2.75) is 65.3 Å². The molecule has 0 radical (unpaired) electrons. The van der Waals surface area contributed by atoms with E-state index in [1.165, 1.54) is 0 Å². The van der Waals surface area contributed by atoms with E-state index in [0.29, 0.717) is 16.0 Å². The maximum atomic E-state index is 13.2. The Hall–Kier alpha value is -1.47. The van der Waals surface area contributed by atoms with Crippen LogP contribution in [0.15, 0.2) is 30.3 Å². The lowest BCUT2D eigenvalue weighted by molar-refractivity contribution is -0.729. The fraction of sp³-hybridized carbons (Fsp3) is 0.588. The molecule has 0 aliphatic carbocycles. The summed E-state index contributed by atoms with van der Waals surface area (Å²) >= 11 is 0. The van der Waals surface area contributed by atoms with Gasteiger partial charge in [0.1, 0.15) is 5.54 Å². The molecule has 2 rings (SSSR count). The number of rotatable bonds is 5. The summed E-state index contributed by atoms with van der Waals surface area (Å²) < 4.78 is 12.2. The molecule has 0 fully saturated rings. The maximum Gasteiger partial charge on any atom is 0.493 e. The lowest BCUT2D eigenvalue weighted by Crippen LogP contribution is -2.60. The van der Waals surface area contributed by atoms with Crippen molar-refractivity contribution in [3.8, 4) is 0 Å². The van der Waals surface area contributed by atoms with Gasteiger partial charge in [-0.1, -0.05) is 23.3 Å². The minimum absolute atomic E-state index is 0.314. The minimum Gasteiger partial charge on any atom is -0.618 e. The second kappa shape index (κ2) is 6.20. The molecule has 1 N–H and O–H groups in total. The van der Waals surface area contributed by atoms with Crippen LogP contribution in [0, 0.1) is 5.21 Å². The topological polar surface area (TPSA) is 68.0 Å². The van der Waals surface area contributed by atoms with Crippen LogP contribution in [-0.4, -0.2) is 44.5 Å². The Labute approximate surface area is 137 Å². The highest BCUT2D eigenvalue weighted by Gasteiger charge is 2.66. The van der Waals surface area contributed by atoms with Crippen molar-refractivity contribution in [2.75, 3.05) is 0 Å². The zero-order valence-corrected chi connectivity index (χ0v) is 14.6. The highest BCUT2D eigenvalue weighted by Crippen LogP contribution is 2.38. The first-order valence-electron chi connectivity index (χ1n) is 7.88. The zero-order chi connectivity index (χ0) is 17.4. The molecule has 1 aromatic rings. The summed E-state index contributed by atoms with van der Waals surface area (Å²) in [5, 5.41) is 24.8. The summed E-state index contributed by atoms with van der Waals surface area (Å²) in [5.74, 6) is 0. The summed E-state index contributed by atoms with van der Waals surface area (Å²) in [6.07, 6.45) is -0.628. The molecule has 0 aromatic heterocycles. The number of nitrogens with zero attached hydrogens (tertiary/aromatic N) is 2. The van der Waals surface area contributed by atoms with Gasteiger partial charge in [0.25, 0.3) is 0 Å². The molecule has 0 saturated carbocycles. The maximum absolute atomic E-state index is 13.2. The molecule has 1 aliphatic rings. The fourth-order valence-corrected chi connectivity index (χ4v) is 2.83. The smallest absolute Gasteiger partial charge is 0.493 e. The molecule has 0 unspecified atom stereocenters. The van der Waals surface area contributed by atoms with Crippen LogP contribution in [-0.2, 0) is 9.47 Å². The monoisotopic (exact) mass is 322 g/mol. The van der Waals surface area contributed by atoms with Crippen molar-refractivity contribution >= 4 is 5.71 Å². The third kappa shape index (κ3) is 2.99. The lowest BCUT2D eigenvalue weighted by atomic mass is 9.93. The molecule has 0 amide bonds. The summed E-state index contributed by atoms with van der Waals surface area (Å²) in [7, 11) is 0. The summed E-state index contributed by atoms with van der Waals surface area (Å²) in [5.41, 5.74) is 0.127. The van der Waals surface area contributed by atoms with Gasteiger partial charge in [-0.05, 0) is 53.7 Å². The van der Waals surface area contributed by atoms with Gasteiger partial charge in [-0.3, -0.25) is 9.47 Å². The molecule has 0 bridgehead atoms. The Balaban J connectivity index is 2.65. The van der Waals surface area contributed by atoms with Crippen LogP contribution in [0.3, 0.4) is 0 Å². The van der Waals surface area contributed by atoms with Gasteiger partial charge in [-0.15, -0.1) is 4.74 Å². The largest absolute Gasteiger partial charge is 0.618 e. The fourth-order valence-electron chi connectivity index (χ4n) is 2.83. The van der Waals surface area contributed by atoms with Crippen molar-refractivity contribution in [1.29, 1.82) is 0 Å². The van der Waals surface area contributed by atoms with Gasteiger partial charge >= 0.3 is 6.03 Å². The number of benzene rings is 1. The van der Waals surface area contributed by atoms with Crippen LogP contribution in [0.1, 0.15) is 47.1 Å². The average Bonchev–Trinajstić information content (AvgIpc) is 2.57. The molecule has 0 spiro atoms. The Bertz CT molecular complexity index is 572. The van der Waals surface area contributed by atoms with Gasteiger partial charge in [0.2, 0.25) is 5.71 Å². The Morgan fingerprint density at radius 2 is 1.52 bits per heavy atom. The first-order chi connectivity index (χ1) is 10.6. The quantitative estimate of drug-likeness (QED) is 0.513. The Kier molecular flexibility index (Phi) is 4.82. The van der Waals surface area contributed by atoms with Crippen molar-refractivity contribution in [2.24, 2.45) is 0 Å². The van der Waals surface area contributed by atoms with Crippen LogP contribution in [0.4, 0.5) is 0 Å². The zero-order valence-electron chi connectivity index (χ0n) is 14.6. The van der Waals surface area contributed by atoms with Crippen LogP contribution in [0.25, 0.3) is 0 Å². The number of ether oxygens (including phenoxy) is 2. The summed E-state index contributed by atoms with van der Waals surface area (Å²) in [6, 6.07) is 7.33. The van der Waals surface area contributed by atoms with E-state index in [2.05, 4.69) is 0 Å². The lowest BCUT2D eigenvalue weighted by Gasteiger charge is -2.35. The van der Waals surface area contributed by atoms with E-state index < -0.39 is 11.6 Å². The predicted molar refractivity (Wildman–Crippen MR) is 87.1 cm³/mol. The van der Waals surface area contributed by atoms with Crippen LogP contribution in [0.5, 0.6) is 0 Å². The second-order valence-electron chi connectivity index (χ2n) is 6.76. The van der Waals surface area contributed by atoms with Crippen LogP contribution < -0.4 is 0 Å². The SMILES string of the molecule is CC(C)OC1(OC(C)C)N(O)C(C)(C)C(c2ccccc2)=[N+]1[O-]. The molecule has 6 heteroatoms. The van der Waals surface area contributed by atoms with Gasteiger partial charge in [0.05, 0.1) is 12.2 Å². The molecule has 1 aromatic carbocycles. The van der Waals surface area contributed by atoms with E-state index in [1.807, 2.05) is 30.3 Å². The van der Waals surface area contributed by atoms with Crippen molar-refractivity contribution < 1.29 is 19.4 Å². The number of hydrogen-bond acceptors (Lipinski definition) is 5.